The van der Waals surface area contributed by atoms with Gasteiger partial charge in [-0.2, -0.15) is 0 Å². The third-order valence-electron chi connectivity index (χ3n) is 5.05. The number of carbonyl (C=O) groups is 1. The lowest BCUT2D eigenvalue weighted by molar-refractivity contribution is -0.0721. The summed E-state index contributed by atoms with van der Waals surface area (Å²) < 4.78 is 11.5. The van der Waals surface area contributed by atoms with Gasteiger partial charge in [-0.15, -0.1) is 0 Å². The van der Waals surface area contributed by atoms with E-state index in [1.807, 2.05) is 17.9 Å². The average molecular weight is 342 g/mol. The molecule has 0 aliphatic carbocycles. The van der Waals surface area contributed by atoms with Crippen LogP contribution in [0.5, 0.6) is 0 Å². The minimum Gasteiger partial charge on any atom is -0.459 e. The molecule has 0 bridgehead atoms. The van der Waals surface area contributed by atoms with E-state index >= 15 is 0 Å². The number of aromatic nitrogens is 2. The quantitative estimate of drug-likeness (QED) is 0.921. The molecule has 0 unspecified atom stereocenters. The number of hydrogen-bond acceptors (Lipinski definition) is 6. The number of likely N-dealkylation sites (tertiary alicyclic amines) is 1. The van der Waals surface area contributed by atoms with Gasteiger partial charge in [0.1, 0.15) is 0 Å². The highest BCUT2D eigenvalue weighted by Crippen LogP contribution is 2.35. The van der Waals surface area contributed by atoms with Crippen LogP contribution in [0.3, 0.4) is 0 Å². The Morgan fingerprint density at radius 2 is 2.24 bits per heavy atom. The van der Waals surface area contributed by atoms with Gasteiger partial charge in [-0.05, 0) is 38.3 Å². The fraction of sp³-hybridized carbons (Fsp3) is 0.500. The zero-order chi connectivity index (χ0) is 17.3. The van der Waals surface area contributed by atoms with Crippen LogP contribution in [0.2, 0.25) is 0 Å². The zero-order valence-electron chi connectivity index (χ0n) is 14.3. The van der Waals surface area contributed by atoms with Crippen LogP contribution >= 0.6 is 0 Å². The molecule has 2 aliphatic heterocycles. The van der Waals surface area contributed by atoms with Gasteiger partial charge in [-0.3, -0.25) is 4.79 Å². The van der Waals surface area contributed by atoms with E-state index in [2.05, 4.69) is 15.3 Å². The number of anilines is 1. The van der Waals surface area contributed by atoms with Crippen molar-refractivity contribution in [1.29, 1.82) is 0 Å². The molecule has 7 heteroatoms. The van der Waals surface area contributed by atoms with Crippen molar-refractivity contribution in [2.24, 2.45) is 0 Å². The Kier molecular flexibility index (Phi) is 4.17. The normalized spacial score (nSPS) is 26.1. The molecule has 1 amide bonds. The number of carbonyl (C=O) groups excluding carboxylic acids is 1. The van der Waals surface area contributed by atoms with E-state index in [-0.39, 0.29) is 17.6 Å². The van der Waals surface area contributed by atoms with Crippen LogP contribution in [0.25, 0.3) is 0 Å². The minimum atomic E-state index is -0.291. The van der Waals surface area contributed by atoms with Crippen LogP contribution in [0, 0.1) is 6.92 Å². The molecule has 1 N–H and O–H groups in total. The highest BCUT2D eigenvalue weighted by atomic mass is 16.5. The Morgan fingerprint density at radius 3 is 3.00 bits per heavy atom. The van der Waals surface area contributed by atoms with Gasteiger partial charge >= 0.3 is 0 Å². The molecule has 2 saturated heterocycles. The summed E-state index contributed by atoms with van der Waals surface area (Å²) in [7, 11) is 0. The van der Waals surface area contributed by atoms with E-state index in [0.29, 0.717) is 31.4 Å². The molecule has 1 spiro atoms. The predicted octanol–water partition coefficient (Wildman–Crippen LogP) is 2.25. The molecule has 4 heterocycles. The van der Waals surface area contributed by atoms with Crippen molar-refractivity contribution >= 4 is 11.9 Å². The van der Waals surface area contributed by atoms with E-state index in [4.69, 9.17) is 9.15 Å². The molecule has 132 valence electrons. The lowest BCUT2D eigenvalue weighted by Crippen LogP contribution is -2.47. The highest BCUT2D eigenvalue weighted by molar-refractivity contribution is 5.93. The summed E-state index contributed by atoms with van der Waals surface area (Å²) in [5, 5.41) is 3.39. The highest BCUT2D eigenvalue weighted by Gasteiger charge is 2.45. The maximum atomic E-state index is 12.7. The molecule has 0 saturated carbocycles. The largest absolute Gasteiger partial charge is 0.459 e. The second-order valence-electron chi connectivity index (χ2n) is 6.85. The Labute approximate surface area is 146 Å². The van der Waals surface area contributed by atoms with Gasteiger partial charge in [-0.25, -0.2) is 9.97 Å². The summed E-state index contributed by atoms with van der Waals surface area (Å²) >= 11 is 0. The molecule has 4 rings (SSSR count). The summed E-state index contributed by atoms with van der Waals surface area (Å²) in [6, 6.07) is 3.86. The van der Waals surface area contributed by atoms with Gasteiger partial charge in [0.05, 0.1) is 18.4 Å². The molecule has 25 heavy (non-hydrogen) atoms. The molecular weight excluding hydrogens is 320 g/mol. The van der Waals surface area contributed by atoms with E-state index in [1.165, 1.54) is 0 Å². The van der Waals surface area contributed by atoms with Crippen molar-refractivity contribution in [3.63, 3.8) is 0 Å². The first-order valence-corrected chi connectivity index (χ1v) is 8.66. The molecule has 2 atom stereocenters. The third kappa shape index (κ3) is 3.24. The lowest BCUT2D eigenvalue weighted by atomic mass is 9.89. The number of furan rings is 1. The van der Waals surface area contributed by atoms with Crippen LogP contribution in [0.15, 0.2) is 35.2 Å². The first kappa shape index (κ1) is 16.1. The van der Waals surface area contributed by atoms with Crippen LogP contribution < -0.4 is 5.32 Å². The number of ether oxygens (including phenoxy) is 1. The van der Waals surface area contributed by atoms with Crippen molar-refractivity contribution in [2.75, 3.05) is 25.0 Å². The second-order valence-corrected chi connectivity index (χ2v) is 6.85. The number of amides is 1. The number of aryl methyl sites for hydroxylation is 1. The van der Waals surface area contributed by atoms with Crippen molar-refractivity contribution in [1.82, 2.24) is 14.9 Å². The average Bonchev–Trinajstić information content (AvgIpc) is 3.22. The van der Waals surface area contributed by atoms with Crippen LogP contribution in [-0.2, 0) is 4.74 Å². The van der Waals surface area contributed by atoms with Gasteiger partial charge in [0.2, 0.25) is 5.95 Å². The second kappa shape index (κ2) is 6.48. The van der Waals surface area contributed by atoms with E-state index < -0.39 is 0 Å². The Balaban J connectivity index is 1.42. The molecule has 2 aromatic rings. The van der Waals surface area contributed by atoms with E-state index in [9.17, 15) is 4.79 Å². The van der Waals surface area contributed by atoms with Crippen molar-refractivity contribution in [3.8, 4) is 0 Å². The van der Waals surface area contributed by atoms with Crippen LogP contribution in [0.4, 0.5) is 5.95 Å². The van der Waals surface area contributed by atoms with E-state index in [1.54, 1.807) is 24.7 Å². The standard InChI is InChI=1S/C18H22N4O3/c1-13-3-9-24-15(13)16(23)22-8-5-18(12-22)11-14(4-10-25-18)21-17-19-6-2-7-20-17/h2-3,6-7,9,14H,4-5,8,10-12H2,1H3,(H,19,20,21)/t14-,18-/m0/s1. The number of nitrogens with zero attached hydrogens (tertiary/aromatic N) is 3. The first-order chi connectivity index (χ1) is 12.2. The van der Waals surface area contributed by atoms with Gasteiger partial charge in [0.15, 0.2) is 5.76 Å². The van der Waals surface area contributed by atoms with Crippen molar-refractivity contribution < 1.29 is 13.9 Å². The summed E-state index contributed by atoms with van der Waals surface area (Å²) in [6.45, 7) is 3.85. The monoisotopic (exact) mass is 342 g/mol. The molecule has 7 nitrogen and oxygen atoms in total. The van der Waals surface area contributed by atoms with Crippen molar-refractivity contribution in [2.45, 2.75) is 37.8 Å². The lowest BCUT2D eigenvalue weighted by Gasteiger charge is -2.38. The fourth-order valence-electron chi connectivity index (χ4n) is 3.75. The van der Waals surface area contributed by atoms with Crippen LogP contribution in [0.1, 0.15) is 35.4 Å². The molecule has 0 radical (unpaired) electrons. The van der Waals surface area contributed by atoms with Crippen LogP contribution in [-0.4, -0.2) is 52.1 Å². The Hall–Kier alpha value is -2.41. The number of rotatable bonds is 3. The first-order valence-electron chi connectivity index (χ1n) is 8.66. The Morgan fingerprint density at radius 1 is 1.40 bits per heavy atom. The fourth-order valence-corrected chi connectivity index (χ4v) is 3.75. The van der Waals surface area contributed by atoms with Gasteiger partial charge < -0.3 is 19.4 Å². The number of nitrogens with one attached hydrogen (secondary N) is 1. The zero-order valence-corrected chi connectivity index (χ0v) is 14.3. The third-order valence-corrected chi connectivity index (χ3v) is 5.05. The smallest absolute Gasteiger partial charge is 0.289 e. The predicted molar refractivity (Wildman–Crippen MR) is 91.3 cm³/mol. The molecule has 2 fully saturated rings. The maximum Gasteiger partial charge on any atom is 0.289 e. The summed E-state index contributed by atoms with van der Waals surface area (Å²) in [5.41, 5.74) is 0.581. The van der Waals surface area contributed by atoms with Gasteiger partial charge in [0.25, 0.3) is 5.91 Å². The summed E-state index contributed by atoms with van der Waals surface area (Å²) in [4.78, 5) is 23.0. The topological polar surface area (TPSA) is 80.5 Å². The molecular formula is C18H22N4O3. The van der Waals surface area contributed by atoms with E-state index in [0.717, 1.165) is 24.8 Å². The Bertz CT molecular complexity index is 748. The number of hydrogen-bond donors (Lipinski definition) is 1. The molecule has 2 aromatic heterocycles. The summed E-state index contributed by atoms with van der Waals surface area (Å²) in [5.74, 6) is 1.02. The SMILES string of the molecule is Cc1ccoc1C(=O)N1CC[C@]2(C[C@@H](Nc3ncccn3)CCO2)C1. The molecule has 2 aliphatic rings. The summed E-state index contributed by atoms with van der Waals surface area (Å²) in [6.07, 6.45) is 7.60. The van der Waals surface area contributed by atoms with Crippen molar-refractivity contribution in [3.05, 3.63) is 42.1 Å². The minimum absolute atomic E-state index is 0.0514. The maximum absolute atomic E-state index is 12.7. The molecule has 0 aromatic carbocycles. The van der Waals surface area contributed by atoms with Gasteiger partial charge in [-0.1, -0.05) is 0 Å². The van der Waals surface area contributed by atoms with Gasteiger partial charge in [0, 0.05) is 37.2 Å².